The Kier molecular flexibility index (Phi) is 6.57. The highest BCUT2D eigenvalue weighted by Gasteiger charge is 2.24. The molecule has 7 nitrogen and oxygen atoms in total. The molecule has 1 amide bonds. The summed E-state index contributed by atoms with van der Waals surface area (Å²) in [5.41, 5.74) is 0.445. The number of ether oxygens (including phenoxy) is 1. The smallest absolute Gasteiger partial charge is 0.339 e. The molecular formula is C19H21NO6S. The zero-order valence-electron chi connectivity index (χ0n) is 15.2. The van der Waals surface area contributed by atoms with Gasteiger partial charge in [0.2, 0.25) is 5.91 Å². The first-order valence-electron chi connectivity index (χ1n) is 8.26. The van der Waals surface area contributed by atoms with Crippen LogP contribution in [0, 0.1) is 0 Å². The fraction of sp³-hybridized carbons (Fsp3) is 0.263. The Morgan fingerprint density at radius 3 is 2.07 bits per heavy atom. The monoisotopic (exact) mass is 391 g/mol. The Hall–Kier alpha value is -2.87. The summed E-state index contributed by atoms with van der Waals surface area (Å²) in [5, 5.41) is 2.52. The van der Waals surface area contributed by atoms with E-state index in [1.165, 1.54) is 43.3 Å². The van der Waals surface area contributed by atoms with Gasteiger partial charge in [0.05, 0.1) is 6.10 Å². The molecule has 0 aliphatic carbocycles. The third-order valence-corrected chi connectivity index (χ3v) is 4.65. The van der Waals surface area contributed by atoms with Crippen molar-refractivity contribution in [3.8, 4) is 5.75 Å². The lowest BCUT2D eigenvalue weighted by molar-refractivity contribution is -0.151. The van der Waals surface area contributed by atoms with Crippen LogP contribution in [-0.2, 0) is 24.4 Å². The summed E-state index contributed by atoms with van der Waals surface area (Å²) in [6.45, 7) is 4.70. The number of rotatable bonds is 7. The van der Waals surface area contributed by atoms with Crippen molar-refractivity contribution in [3.05, 3.63) is 60.2 Å². The summed E-state index contributed by atoms with van der Waals surface area (Å²) in [5.74, 6) is -0.917. The van der Waals surface area contributed by atoms with Crippen molar-refractivity contribution in [1.82, 2.24) is 5.32 Å². The minimum absolute atomic E-state index is 0.0331. The molecule has 0 bridgehead atoms. The maximum absolute atomic E-state index is 12.2. The molecule has 0 aromatic heterocycles. The molecule has 0 aliphatic rings. The van der Waals surface area contributed by atoms with Crippen LogP contribution in [0.4, 0.5) is 0 Å². The van der Waals surface area contributed by atoms with Crippen LogP contribution in [0.2, 0.25) is 0 Å². The minimum Gasteiger partial charge on any atom is -0.461 e. The average Bonchev–Trinajstić information content (AvgIpc) is 2.60. The molecule has 27 heavy (non-hydrogen) atoms. The van der Waals surface area contributed by atoms with Gasteiger partial charge in [0, 0.05) is 6.92 Å². The number of benzene rings is 2. The second-order valence-electron chi connectivity index (χ2n) is 6.04. The number of esters is 1. The molecule has 1 atom stereocenters. The minimum atomic E-state index is -3.96. The first-order chi connectivity index (χ1) is 12.7. The molecule has 0 aliphatic heterocycles. The molecule has 2 rings (SSSR count). The van der Waals surface area contributed by atoms with Gasteiger partial charge in [-0.1, -0.05) is 30.3 Å². The molecule has 0 fully saturated rings. The topological polar surface area (TPSA) is 98.8 Å². The van der Waals surface area contributed by atoms with Crippen LogP contribution in [0.5, 0.6) is 5.75 Å². The lowest BCUT2D eigenvalue weighted by Gasteiger charge is -2.19. The lowest BCUT2D eigenvalue weighted by atomic mass is 10.1. The van der Waals surface area contributed by atoms with E-state index in [0.29, 0.717) is 5.56 Å². The molecule has 0 spiro atoms. The summed E-state index contributed by atoms with van der Waals surface area (Å²) in [4.78, 5) is 23.7. The van der Waals surface area contributed by atoms with Crippen molar-refractivity contribution in [2.75, 3.05) is 0 Å². The van der Waals surface area contributed by atoms with Gasteiger partial charge in [-0.2, -0.15) is 8.42 Å². The van der Waals surface area contributed by atoms with E-state index in [4.69, 9.17) is 8.92 Å². The van der Waals surface area contributed by atoms with Gasteiger partial charge in [-0.05, 0) is 43.7 Å². The first-order valence-corrected chi connectivity index (χ1v) is 9.67. The van der Waals surface area contributed by atoms with Crippen molar-refractivity contribution in [2.45, 2.75) is 37.8 Å². The van der Waals surface area contributed by atoms with E-state index in [-0.39, 0.29) is 16.7 Å². The number of carbonyl (C=O) groups excluding carboxylic acids is 2. The second-order valence-corrected chi connectivity index (χ2v) is 7.59. The van der Waals surface area contributed by atoms with E-state index in [1.54, 1.807) is 32.0 Å². The molecule has 0 radical (unpaired) electrons. The van der Waals surface area contributed by atoms with Gasteiger partial charge >= 0.3 is 16.1 Å². The summed E-state index contributed by atoms with van der Waals surface area (Å²) < 4.78 is 34.7. The molecule has 0 saturated heterocycles. The van der Waals surface area contributed by atoms with Crippen molar-refractivity contribution < 1.29 is 26.9 Å². The van der Waals surface area contributed by atoms with E-state index in [9.17, 15) is 18.0 Å². The molecule has 1 N–H and O–H groups in total. The molecular weight excluding hydrogens is 370 g/mol. The van der Waals surface area contributed by atoms with Gasteiger partial charge in [-0.25, -0.2) is 4.79 Å². The van der Waals surface area contributed by atoms with Gasteiger partial charge in [0.15, 0.2) is 6.04 Å². The molecule has 0 heterocycles. The third-order valence-electron chi connectivity index (χ3n) is 3.39. The van der Waals surface area contributed by atoms with Crippen LogP contribution < -0.4 is 9.50 Å². The molecule has 144 valence electrons. The highest BCUT2D eigenvalue weighted by Crippen LogP contribution is 2.22. The quantitative estimate of drug-likeness (QED) is 0.575. The van der Waals surface area contributed by atoms with E-state index in [1.807, 2.05) is 0 Å². The Labute approximate surface area is 158 Å². The van der Waals surface area contributed by atoms with Gasteiger partial charge in [-0.15, -0.1) is 0 Å². The van der Waals surface area contributed by atoms with Crippen molar-refractivity contribution in [1.29, 1.82) is 0 Å². The zero-order valence-corrected chi connectivity index (χ0v) is 16.0. The SMILES string of the molecule is CC(=O)NC(C(=O)OC(C)C)c1ccc(OS(=O)(=O)c2ccccc2)cc1. The van der Waals surface area contributed by atoms with E-state index in [2.05, 4.69) is 5.32 Å². The van der Waals surface area contributed by atoms with Gasteiger partial charge in [0.1, 0.15) is 10.6 Å². The van der Waals surface area contributed by atoms with Gasteiger partial charge < -0.3 is 14.2 Å². The van der Waals surface area contributed by atoms with Crippen molar-refractivity contribution >= 4 is 22.0 Å². The summed E-state index contributed by atoms with van der Waals surface area (Å²) >= 11 is 0. The normalized spacial score (nSPS) is 12.3. The second kappa shape index (κ2) is 8.68. The van der Waals surface area contributed by atoms with Crippen LogP contribution >= 0.6 is 0 Å². The van der Waals surface area contributed by atoms with E-state index >= 15 is 0 Å². The van der Waals surface area contributed by atoms with E-state index < -0.39 is 28.0 Å². The van der Waals surface area contributed by atoms with Crippen molar-refractivity contribution in [2.24, 2.45) is 0 Å². The van der Waals surface area contributed by atoms with Crippen LogP contribution in [0.1, 0.15) is 32.4 Å². The molecule has 8 heteroatoms. The highest BCUT2D eigenvalue weighted by atomic mass is 32.2. The first kappa shape index (κ1) is 20.4. The maximum Gasteiger partial charge on any atom is 0.339 e. The predicted octanol–water partition coefficient (Wildman–Crippen LogP) is 2.58. The fourth-order valence-corrected chi connectivity index (χ4v) is 3.21. The van der Waals surface area contributed by atoms with Crippen LogP contribution in [-0.4, -0.2) is 26.4 Å². The molecule has 0 saturated carbocycles. The third kappa shape index (κ3) is 5.82. The van der Waals surface area contributed by atoms with Crippen LogP contribution in [0.3, 0.4) is 0 Å². The maximum atomic E-state index is 12.2. The number of carbonyl (C=O) groups is 2. The average molecular weight is 391 g/mol. The number of hydrogen-bond acceptors (Lipinski definition) is 6. The summed E-state index contributed by atoms with van der Waals surface area (Å²) in [6, 6.07) is 12.6. The lowest BCUT2D eigenvalue weighted by Crippen LogP contribution is -2.34. The number of hydrogen-bond donors (Lipinski definition) is 1. The molecule has 1 unspecified atom stereocenters. The number of amides is 1. The van der Waals surface area contributed by atoms with Gasteiger partial charge in [0.25, 0.3) is 0 Å². The van der Waals surface area contributed by atoms with Crippen LogP contribution in [0.25, 0.3) is 0 Å². The Bertz CT molecular complexity index is 892. The van der Waals surface area contributed by atoms with Crippen LogP contribution in [0.15, 0.2) is 59.5 Å². The Morgan fingerprint density at radius 2 is 1.56 bits per heavy atom. The predicted molar refractivity (Wildman–Crippen MR) is 98.5 cm³/mol. The summed E-state index contributed by atoms with van der Waals surface area (Å²) in [6.07, 6.45) is -0.340. The Balaban J connectivity index is 2.21. The fourth-order valence-electron chi connectivity index (χ4n) is 2.26. The molecule has 2 aromatic carbocycles. The van der Waals surface area contributed by atoms with E-state index in [0.717, 1.165) is 0 Å². The standard InChI is InChI=1S/C19H21NO6S/c1-13(2)25-19(22)18(20-14(3)21)15-9-11-16(12-10-15)26-27(23,24)17-7-5-4-6-8-17/h4-13,18H,1-3H3,(H,20,21). The Morgan fingerprint density at radius 1 is 0.963 bits per heavy atom. The molecule has 2 aromatic rings. The summed E-state index contributed by atoms with van der Waals surface area (Å²) in [7, 11) is -3.96. The van der Waals surface area contributed by atoms with Gasteiger partial charge in [-0.3, -0.25) is 4.79 Å². The largest absolute Gasteiger partial charge is 0.461 e. The zero-order chi connectivity index (χ0) is 20.0. The number of nitrogens with one attached hydrogen (secondary N) is 1. The highest BCUT2D eigenvalue weighted by molar-refractivity contribution is 7.87. The van der Waals surface area contributed by atoms with Crippen molar-refractivity contribution in [3.63, 3.8) is 0 Å².